The molecule has 0 bridgehead atoms. The molecule has 0 rings (SSSR count). The fourth-order valence-corrected chi connectivity index (χ4v) is 1.11. The minimum absolute atomic E-state index is 0.0718. The second-order valence-corrected chi connectivity index (χ2v) is 4.49. The molecule has 0 radical (unpaired) electrons. The van der Waals surface area contributed by atoms with E-state index in [0.717, 1.165) is 0 Å². The molecule has 1 atom stereocenters. The van der Waals surface area contributed by atoms with Crippen LogP contribution in [0.5, 0.6) is 0 Å². The summed E-state index contributed by atoms with van der Waals surface area (Å²) in [4.78, 5) is 22.0. The molecule has 0 fully saturated rings. The lowest BCUT2D eigenvalue weighted by atomic mass is 10.1. The fraction of sp³-hybridized carbons (Fsp3) is 0.818. The average molecular weight is 246 g/mol. The molecule has 0 saturated carbocycles. The van der Waals surface area contributed by atoms with Crippen molar-refractivity contribution < 1.29 is 19.4 Å². The first-order chi connectivity index (χ1) is 7.80. The van der Waals surface area contributed by atoms with Crippen molar-refractivity contribution in [2.45, 2.75) is 45.3 Å². The Balaban J connectivity index is 4.03. The van der Waals surface area contributed by atoms with E-state index in [1.54, 1.807) is 7.11 Å². The largest absolute Gasteiger partial charge is 0.481 e. The highest BCUT2D eigenvalue weighted by molar-refractivity contribution is 5.75. The molecule has 0 spiro atoms. The molecule has 17 heavy (non-hydrogen) atoms. The van der Waals surface area contributed by atoms with E-state index in [4.69, 9.17) is 9.84 Å². The van der Waals surface area contributed by atoms with E-state index in [0.29, 0.717) is 13.0 Å². The van der Waals surface area contributed by atoms with Gasteiger partial charge in [0, 0.05) is 19.7 Å². The standard InChI is InChI=1S/C11H22N2O4/c1-5-8(6-9(14)15)13-10(16)12-7-11(2,3)17-4/h8H,5-7H2,1-4H3,(H,14,15)(H2,12,13,16). The number of urea groups is 1. The second-order valence-electron chi connectivity index (χ2n) is 4.49. The van der Waals surface area contributed by atoms with Gasteiger partial charge in [-0.05, 0) is 20.3 Å². The molecule has 6 nitrogen and oxygen atoms in total. The normalized spacial score (nSPS) is 12.9. The van der Waals surface area contributed by atoms with Crippen molar-refractivity contribution in [3.8, 4) is 0 Å². The van der Waals surface area contributed by atoms with Crippen LogP contribution in [-0.2, 0) is 9.53 Å². The number of amides is 2. The van der Waals surface area contributed by atoms with Gasteiger partial charge in [0.1, 0.15) is 0 Å². The van der Waals surface area contributed by atoms with Gasteiger partial charge in [-0.2, -0.15) is 0 Å². The van der Waals surface area contributed by atoms with Gasteiger partial charge in [-0.15, -0.1) is 0 Å². The highest BCUT2D eigenvalue weighted by Crippen LogP contribution is 2.04. The zero-order valence-corrected chi connectivity index (χ0v) is 10.9. The van der Waals surface area contributed by atoms with Crippen LogP contribution in [0.25, 0.3) is 0 Å². The number of ether oxygens (including phenoxy) is 1. The molecule has 1 unspecified atom stereocenters. The molecule has 0 heterocycles. The molecule has 0 aromatic carbocycles. The lowest BCUT2D eigenvalue weighted by Crippen LogP contribution is -2.47. The Morgan fingerprint density at radius 2 is 2.00 bits per heavy atom. The third-order valence-electron chi connectivity index (χ3n) is 2.48. The summed E-state index contributed by atoms with van der Waals surface area (Å²) in [7, 11) is 1.57. The van der Waals surface area contributed by atoms with E-state index >= 15 is 0 Å². The molecule has 6 heteroatoms. The van der Waals surface area contributed by atoms with E-state index < -0.39 is 11.6 Å². The number of carbonyl (C=O) groups excluding carboxylic acids is 1. The third kappa shape index (κ3) is 7.57. The number of hydrogen-bond acceptors (Lipinski definition) is 3. The van der Waals surface area contributed by atoms with Gasteiger partial charge in [0.2, 0.25) is 0 Å². The summed E-state index contributed by atoms with van der Waals surface area (Å²) in [5.74, 6) is -0.922. The maximum Gasteiger partial charge on any atom is 0.315 e. The fourth-order valence-electron chi connectivity index (χ4n) is 1.11. The maximum atomic E-state index is 11.5. The molecule has 0 aromatic heterocycles. The number of carboxylic acid groups (broad SMARTS) is 1. The first kappa shape index (κ1) is 15.7. The van der Waals surface area contributed by atoms with Crippen molar-refractivity contribution >= 4 is 12.0 Å². The van der Waals surface area contributed by atoms with E-state index in [1.165, 1.54) is 0 Å². The molecule has 2 amide bonds. The first-order valence-corrected chi connectivity index (χ1v) is 5.62. The quantitative estimate of drug-likeness (QED) is 0.624. The van der Waals surface area contributed by atoms with Gasteiger partial charge in [-0.25, -0.2) is 4.79 Å². The summed E-state index contributed by atoms with van der Waals surface area (Å²) < 4.78 is 5.15. The van der Waals surface area contributed by atoms with Crippen LogP contribution >= 0.6 is 0 Å². The van der Waals surface area contributed by atoms with Crippen molar-refractivity contribution in [3.05, 3.63) is 0 Å². The number of carboxylic acids is 1. The molecule has 0 aliphatic heterocycles. The zero-order valence-electron chi connectivity index (χ0n) is 10.9. The number of carbonyl (C=O) groups is 2. The second kappa shape index (κ2) is 7.11. The van der Waals surface area contributed by atoms with Crippen LogP contribution in [0, 0.1) is 0 Å². The van der Waals surface area contributed by atoms with Crippen molar-refractivity contribution in [3.63, 3.8) is 0 Å². The van der Waals surface area contributed by atoms with Crippen LogP contribution in [0.1, 0.15) is 33.6 Å². The van der Waals surface area contributed by atoms with Crippen LogP contribution in [0.15, 0.2) is 0 Å². The predicted molar refractivity (Wildman–Crippen MR) is 64.0 cm³/mol. The first-order valence-electron chi connectivity index (χ1n) is 5.62. The van der Waals surface area contributed by atoms with E-state index in [-0.39, 0.29) is 18.5 Å². The lowest BCUT2D eigenvalue weighted by molar-refractivity contribution is -0.137. The molecule has 0 aliphatic carbocycles. The van der Waals surface area contributed by atoms with E-state index in [1.807, 2.05) is 20.8 Å². The molecular weight excluding hydrogens is 224 g/mol. The summed E-state index contributed by atoms with van der Waals surface area (Å²) in [6.45, 7) is 5.88. The van der Waals surface area contributed by atoms with Gasteiger partial charge in [-0.3, -0.25) is 4.79 Å². The smallest absolute Gasteiger partial charge is 0.315 e. The van der Waals surface area contributed by atoms with Gasteiger partial charge < -0.3 is 20.5 Å². The van der Waals surface area contributed by atoms with E-state index in [2.05, 4.69) is 10.6 Å². The van der Waals surface area contributed by atoms with Crippen molar-refractivity contribution in [1.29, 1.82) is 0 Å². The Morgan fingerprint density at radius 1 is 1.41 bits per heavy atom. The minimum atomic E-state index is -0.922. The Hall–Kier alpha value is -1.30. The molecule has 0 saturated heterocycles. The van der Waals surface area contributed by atoms with Gasteiger partial charge in [0.25, 0.3) is 0 Å². The summed E-state index contributed by atoms with van der Waals surface area (Å²) in [6.07, 6.45) is 0.505. The monoisotopic (exact) mass is 246 g/mol. The van der Waals surface area contributed by atoms with Crippen molar-refractivity contribution in [2.75, 3.05) is 13.7 Å². The number of nitrogens with one attached hydrogen (secondary N) is 2. The number of methoxy groups -OCH3 is 1. The lowest BCUT2D eigenvalue weighted by Gasteiger charge is -2.24. The Morgan fingerprint density at radius 3 is 2.41 bits per heavy atom. The molecule has 100 valence electrons. The zero-order chi connectivity index (χ0) is 13.5. The average Bonchev–Trinajstić information content (AvgIpc) is 2.25. The van der Waals surface area contributed by atoms with Crippen molar-refractivity contribution in [1.82, 2.24) is 10.6 Å². The number of rotatable bonds is 7. The van der Waals surface area contributed by atoms with Crippen LogP contribution in [0.3, 0.4) is 0 Å². The molecule has 0 aliphatic rings. The number of aliphatic carboxylic acids is 1. The molecular formula is C11H22N2O4. The van der Waals surface area contributed by atoms with Crippen LogP contribution in [0.2, 0.25) is 0 Å². The van der Waals surface area contributed by atoms with Gasteiger partial charge in [-0.1, -0.05) is 6.92 Å². The Bertz CT molecular complexity index is 266. The summed E-state index contributed by atoms with van der Waals surface area (Å²) in [6, 6.07) is -0.721. The maximum absolute atomic E-state index is 11.5. The Kier molecular flexibility index (Phi) is 6.57. The van der Waals surface area contributed by atoms with E-state index in [9.17, 15) is 9.59 Å². The Labute approximate surface area is 102 Å². The van der Waals surface area contributed by atoms with Gasteiger partial charge in [0.05, 0.1) is 12.0 Å². The van der Waals surface area contributed by atoms with Crippen LogP contribution < -0.4 is 10.6 Å². The van der Waals surface area contributed by atoms with Crippen LogP contribution in [-0.4, -0.2) is 42.4 Å². The summed E-state index contributed by atoms with van der Waals surface area (Å²) >= 11 is 0. The molecule has 0 aromatic rings. The minimum Gasteiger partial charge on any atom is -0.481 e. The highest BCUT2D eigenvalue weighted by Gasteiger charge is 2.19. The van der Waals surface area contributed by atoms with Crippen LogP contribution in [0.4, 0.5) is 4.79 Å². The van der Waals surface area contributed by atoms with Gasteiger partial charge >= 0.3 is 12.0 Å². The highest BCUT2D eigenvalue weighted by atomic mass is 16.5. The van der Waals surface area contributed by atoms with Gasteiger partial charge in [0.15, 0.2) is 0 Å². The van der Waals surface area contributed by atoms with Crippen molar-refractivity contribution in [2.24, 2.45) is 0 Å². The third-order valence-corrected chi connectivity index (χ3v) is 2.48. The molecule has 3 N–H and O–H groups in total. The topological polar surface area (TPSA) is 87.7 Å². The summed E-state index contributed by atoms with van der Waals surface area (Å²) in [5.41, 5.74) is -0.439. The number of hydrogen-bond donors (Lipinski definition) is 3. The predicted octanol–water partition coefficient (Wildman–Crippen LogP) is 0.964. The summed E-state index contributed by atoms with van der Waals surface area (Å²) in [5, 5.41) is 13.9. The SMILES string of the molecule is CCC(CC(=O)O)NC(=O)NCC(C)(C)OC.